The standard InChI is InChI=1S/C44H61N9O6/c1-26-22-33-38-31(29-13-15-30(16-14-29)36-25-48-40(52-36)37-12-8-11-21-53(37)42(55)28(3)50-44(57)59-5)17-18-32(39(38)34(23-26)51-33)35(24-45)46-19-9-6-7-10-20-47-41(54)27(2)49-43(56)58-4/h13-18,25-28,33-34,37,51H,6-12,19-24,45H2,1-5H3,(H,47,54)(H,48,52)(H,49,56)(H,50,57). The van der Waals surface area contributed by atoms with Crippen LogP contribution >= 0.6 is 0 Å². The molecule has 6 rings (SSSR count). The molecule has 318 valence electrons. The lowest BCUT2D eigenvalue weighted by Gasteiger charge is -2.36. The van der Waals surface area contributed by atoms with Crippen LogP contribution in [0.2, 0.25) is 0 Å². The number of hydrogen-bond acceptors (Lipinski definition) is 10. The molecule has 3 aliphatic rings. The number of piperidine rings is 2. The van der Waals surface area contributed by atoms with Crippen molar-refractivity contribution < 1.29 is 28.7 Å². The summed E-state index contributed by atoms with van der Waals surface area (Å²) in [6.45, 7) is 7.83. The van der Waals surface area contributed by atoms with Crippen LogP contribution in [-0.2, 0) is 19.1 Å². The van der Waals surface area contributed by atoms with Crippen LogP contribution in [0.3, 0.4) is 0 Å². The van der Waals surface area contributed by atoms with Crippen LogP contribution in [-0.4, -0.2) is 97.1 Å². The van der Waals surface area contributed by atoms with Crippen molar-refractivity contribution >= 4 is 29.7 Å². The Morgan fingerprint density at radius 2 is 1.58 bits per heavy atom. The molecule has 6 unspecified atom stereocenters. The highest BCUT2D eigenvalue weighted by Crippen LogP contribution is 2.50. The zero-order valence-corrected chi connectivity index (χ0v) is 35.1. The zero-order chi connectivity index (χ0) is 42.1. The molecule has 7 N–H and O–H groups in total. The number of ether oxygens (including phenoxy) is 2. The first kappa shape index (κ1) is 43.3. The van der Waals surface area contributed by atoms with E-state index in [9.17, 15) is 19.2 Å². The number of carbonyl (C=O) groups excluding carboxylic acids is 4. The zero-order valence-electron chi connectivity index (χ0n) is 35.1. The number of nitrogens with two attached hydrogens (primary N) is 1. The number of aromatic amines is 1. The average molecular weight is 812 g/mol. The molecule has 6 atom stereocenters. The molecule has 3 aromatic rings. The molecule has 15 nitrogen and oxygen atoms in total. The molecule has 4 heterocycles. The number of H-pyrrole nitrogens is 1. The van der Waals surface area contributed by atoms with Gasteiger partial charge in [0.15, 0.2) is 0 Å². The molecule has 1 aromatic heterocycles. The van der Waals surface area contributed by atoms with E-state index in [0.717, 1.165) is 91.7 Å². The number of rotatable bonds is 16. The lowest BCUT2D eigenvalue weighted by molar-refractivity contribution is -0.137. The van der Waals surface area contributed by atoms with Crippen molar-refractivity contribution in [1.82, 2.24) is 36.1 Å². The number of methoxy groups -OCH3 is 2. The van der Waals surface area contributed by atoms with E-state index in [4.69, 9.17) is 20.4 Å². The predicted octanol–water partition coefficient (Wildman–Crippen LogP) is 5.83. The normalized spacial score (nSPS) is 20.9. The average Bonchev–Trinajstić information content (AvgIpc) is 3.85. The van der Waals surface area contributed by atoms with E-state index in [1.54, 1.807) is 13.8 Å². The molecule has 2 bridgehead atoms. The summed E-state index contributed by atoms with van der Waals surface area (Å²) in [7, 11) is 2.55. The highest BCUT2D eigenvalue weighted by atomic mass is 16.5. The fraction of sp³-hybridized carbons (Fsp3) is 0.545. The maximum absolute atomic E-state index is 13.4. The van der Waals surface area contributed by atoms with E-state index in [1.165, 1.54) is 30.9 Å². The predicted molar refractivity (Wildman–Crippen MR) is 227 cm³/mol. The van der Waals surface area contributed by atoms with Gasteiger partial charge in [0.2, 0.25) is 11.8 Å². The fourth-order valence-electron chi connectivity index (χ4n) is 8.81. The van der Waals surface area contributed by atoms with Crippen LogP contribution in [0.5, 0.6) is 0 Å². The number of aromatic nitrogens is 2. The summed E-state index contributed by atoms with van der Waals surface area (Å²) < 4.78 is 9.25. The van der Waals surface area contributed by atoms with Gasteiger partial charge in [0.05, 0.1) is 37.9 Å². The number of nitrogens with one attached hydrogen (secondary N) is 5. The lowest BCUT2D eigenvalue weighted by Crippen LogP contribution is -2.49. The van der Waals surface area contributed by atoms with E-state index in [-0.39, 0.29) is 29.9 Å². The van der Waals surface area contributed by atoms with Crippen LogP contribution in [0.1, 0.15) is 119 Å². The second kappa shape index (κ2) is 20.1. The fourth-order valence-corrected chi connectivity index (χ4v) is 8.81. The van der Waals surface area contributed by atoms with E-state index in [1.807, 2.05) is 11.1 Å². The third-order valence-corrected chi connectivity index (χ3v) is 11.9. The second-order valence-electron chi connectivity index (χ2n) is 16.1. The minimum atomic E-state index is -0.710. The van der Waals surface area contributed by atoms with Gasteiger partial charge < -0.3 is 46.4 Å². The number of amides is 4. The number of nitrogens with zero attached hydrogens (tertiary/aromatic N) is 3. The van der Waals surface area contributed by atoms with Gasteiger partial charge in [0.25, 0.3) is 0 Å². The van der Waals surface area contributed by atoms with Crippen LogP contribution in [0.4, 0.5) is 9.59 Å². The summed E-state index contributed by atoms with van der Waals surface area (Å²) in [5.41, 5.74) is 15.4. The SMILES string of the molecule is COC(=O)NC(C)C(=O)NCCCCCCN=C(CN)c1ccc(-c2ccc(-c3cnc(C4CCCCN4C(=O)C(C)NC(=O)OC)[nH]3)cc2)c2c1C1CC(C)CC2N1. The summed E-state index contributed by atoms with van der Waals surface area (Å²) in [5.74, 6) is 0.940. The molecular formula is C44H61N9O6. The smallest absolute Gasteiger partial charge is 0.407 e. The second-order valence-corrected chi connectivity index (χ2v) is 16.1. The summed E-state index contributed by atoms with van der Waals surface area (Å²) >= 11 is 0. The summed E-state index contributed by atoms with van der Waals surface area (Å²) in [6, 6.07) is 12.0. The van der Waals surface area contributed by atoms with Crippen LogP contribution < -0.4 is 27.0 Å². The molecule has 0 saturated carbocycles. The van der Waals surface area contributed by atoms with Crippen molar-refractivity contribution in [2.45, 2.75) is 109 Å². The minimum absolute atomic E-state index is 0.158. The number of alkyl carbamates (subject to hydrolysis) is 2. The minimum Gasteiger partial charge on any atom is -0.453 e. The van der Waals surface area contributed by atoms with Crippen LogP contribution in [0.15, 0.2) is 47.6 Å². The van der Waals surface area contributed by atoms with Gasteiger partial charge in [-0.15, -0.1) is 0 Å². The number of imidazole rings is 1. The van der Waals surface area contributed by atoms with Gasteiger partial charge in [-0.1, -0.05) is 56.2 Å². The molecule has 0 aliphatic carbocycles. The molecular weight excluding hydrogens is 751 g/mol. The molecule has 2 saturated heterocycles. The van der Waals surface area contributed by atoms with Crippen molar-refractivity contribution in [3.05, 3.63) is 65.1 Å². The first-order chi connectivity index (χ1) is 28.5. The van der Waals surface area contributed by atoms with Gasteiger partial charge in [0, 0.05) is 43.8 Å². The Hall–Kier alpha value is -5.28. The Kier molecular flexibility index (Phi) is 14.8. The molecule has 4 amide bonds. The number of likely N-dealkylation sites (tertiary alicyclic amines) is 1. The first-order valence-corrected chi connectivity index (χ1v) is 21.1. The number of benzene rings is 2. The van der Waals surface area contributed by atoms with Gasteiger partial charge in [-0.25, -0.2) is 14.6 Å². The Bertz CT molecular complexity index is 1980. The summed E-state index contributed by atoms with van der Waals surface area (Å²) in [5, 5.41) is 11.9. The Morgan fingerprint density at radius 3 is 2.29 bits per heavy atom. The highest BCUT2D eigenvalue weighted by molar-refractivity contribution is 6.04. The van der Waals surface area contributed by atoms with Gasteiger partial charge >= 0.3 is 12.2 Å². The molecule has 2 aromatic carbocycles. The highest BCUT2D eigenvalue weighted by Gasteiger charge is 2.40. The van der Waals surface area contributed by atoms with Gasteiger partial charge in [-0.3, -0.25) is 14.6 Å². The van der Waals surface area contributed by atoms with E-state index in [2.05, 4.69) is 74.3 Å². The quantitative estimate of drug-likeness (QED) is 0.0760. The molecule has 2 fully saturated rings. The molecule has 0 radical (unpaired) electrons. The van der Waals surface area contributed by atoms with Crippen molar-refractivity contribution in [2.75, 3.05) is 40.4 Å². The van der Waals surface area contributed by atoms with Gasteiger partial charge in [-0.2, -0.15) is 0 Å². The van der Waals surface area contributed by atoms with Gasteiger partial charge in [0.1, 0.15) is 17.9 Å². The molecule has 15 heteroatoms. The third-order valence-electron chi connectivity index (χ3n) is 11.9. The van der Waals surface area contributed by atoms with Crippen molar-refractivity contribution in [2.24, 2.45) is 16.6 Å². The number of unbranched alkanes of at least 4 members (excludes halogenated alkanes) is 3. The van der Waals surface area contributed by atoms with E-state index in [0.29, 0.717) is 32.1 Å². The topological polar surface area (TPSA) is 205 Å². The Morgan fingerprint density at radius 1 is 0.898 bits per heavy atom. The Labute approximate surface area is 347 Å². The lowest BCUT2D eigenvalue weighted by atomic mass is 9.87. The summed E-state index contributed by atoms with van der Waals surface area (Å²) in [4.78, 5) is 63.8. The number of hydrogen-bond donors (Lipinski definition) is 6. The van der Waals surface area contributed by atoms with Crippen LogP contribution in [0, 0.1) is 5.92 Å². The Balaban J connectivity index is 1.12. The van der Waals surface area contributed by atoms with Crippen LogP contribution in [0.25, 0.3) is 22.4 Å². The van der Waals surface area contributed by atoms with Crippen molar-refractivity contribution in [3.8, 4) is 22.4 Å². The number of fused-ring (bicyclic) bond motifs is 5. The molecule has 0 spiro atoms. The first-order valence-electron chi connectivity index (χ1n) is 21.1. The van der Waals surface area contributed by atoms with Gasteiger partial charge in [-0.05, 0) is 92.5 Å². The third kappa shape index (κ3) is 10.3. The molecule has 3 aliphatic heterocycles. The van der Waals surface area contributed by atoms with E-state index < -0.39 is 24.3 Å². The number of aliphatic imine (C=N–C) groups is 1. The van der Waals surface area contributed by atoms with Crippen molar-refractivity contribution in [1.29, 1.82) is 0 Å². The largest absolute Gasteiger partial charge is 0.453 e. The van der Waals surface area contributed by atoms with Crippen molar-refractivity contribution in [3.63, 3.8) is 0 Å². The summed E-state index contributed by atoms with van der Waals surface area (Å²) in [6.07, 6.45) is 9.10. The number of carbonyl (C=O) groups is 4. The maximum atomic E-state index is 13.4. The monoisotopic (exact) mass is 811 g/mol. The van der Waals surface area contributed by atoms with E-state index >= 15 is 0 Å². The maximum Gasteiger partial charge on any atom is 0.407 e. The molecule has 59 heavy (non-hydrogen) atoms.